The summed E-state index contributed by atoms with van der Waals surface area (Å²) in [4.78, 5) is 11.2. The minimum absolute atomic E-state index is 0.251. The van der Waals surface area contributed by atoms with E-state index in [2.05, 4.69) is 29.6 Å². The van der Waals surface area contributed by atoms with Crippen LogP contribution in [0.1, 0.15) is 30.9 Å². The molecule has 1 aromatic carbocycles. The highest BCUT2D eigenvalue weighted by Gasteiger charge is 2.27. The van der Waals surface area contributed by atoms with Crippen molar-refractivity contribution in [2.75, 3.05) is 13.1 Å². The van der Waals surface area contributed by atoms with Crippen LogP contribution in [0.2, 0.25) is 0 Å². The van der Waals surface area contributed by atoms with E-state index in [1.165, 1.54) is 11.1 Å². The zero-order chi connectivity index (χ0) is 12.5. The molecule has 1 atom stereocenters. The lowest BCUT2D eigenvalue weighted by Gasteiger charge is -2.31. The molecule has 0 aromatic heterocycles. The first-order valence-electron chi connectivity index (χ1n) is 6.09. The topological polar surface area (TPSA) is 55.1 Å². The molecule has 92 valence electrons. The summed E-state index contributed by atoms with van der Waals surface area (Å²) in [5.41, 5.74) is 7.76. The number of nitrogens with one attached hydrogen (secondary N) is 1. The van der Waals surface area contributed by atoms with E-state index in [1.54, 1.807) is 0 Å². The number of hydrogen-bond donors (Lipinski definition) is 2. The Kier molecular flexibility index (Phi) is 3.20. The Morgan fingerprint density at radius 1 is 1.47 bits per heavy atom. The van der Waals surface area contributed by atoms with Gasteiger partial charge in [-0.05, 0) is 31.4 Å². The molecule has 0 heterocycles. The maximum absolute atomic E-state index is 11.2. The first-order valence-corrected chi connectivity index (χ1v) is 6.09. The molecular formula is C14H20N2O. The van der Waals surface area contributed by atoms with Crippen molar-refractivity contribution in [3.05, 3.63) is 35.4 Å². The number of fused-ring (bicyclic) bond motifs is 1. The van der Waals surface area contributed by atoms with Crippen LogP contribution in [0.25, 0.3) is 0 Å². The fourth-order valence-corrected chi connectivity index (χ4v) is 2.19. The molecule has 0 radical (unpaired) electrons. The molecule has 3 N–H and O–H groups in total. The molecule has 0 aliphatic heterocycles. The molecule has 0 bridgehead atoms. The Labute approximate surface area is 102 Å². The van der Waals surface area contributed by atoms with E-state index >= 15 is 0 Å². The summed E-state index contributed by atoms with van der Waals surface area (Å²) in [6.07, 6.45) is 1.14. The van der Waals surface area contributed by atoms with Gasteiger partial charge in [0.2, 0.25) is 5.91 Å². The monoisotopic (exact) mass is 232 g/mol. The number of amides is 1. The van der Waals surface area contributed by atoms with Crippen molar-refractivity contribution < 1.29 is 4.79 Å². The average molecular weight is 232 g/mol. The molecular weight excluding hydrogens is 212 g/mol. The van der Waals surface area contributed by atoms with Gasteiger partial charge < -0.3 is 11.1 Å². The minimum Gasteiger partial charge on any atom is -0.369 e. The average Bonchev–Trinajstić information content (AvgIpc) is 2.24. The Balaban J connectivity index is 1.81. The molecule has 0 saturated carbocycles. The van der Waals surface area contributed by atoms with Crippen molar-refractivity contribution in [3.63, 3.8) is 0 Å². The zero-order valence-electron chi connectivity index (χ0n) is 10.5. The van der Waals surface area contributed by atoms with Crippen molar-refractivity contribution in [2.24, 2.45) is 11.1 Å². The molecule has 0 spiro atoms. The van der Waals surface area contributed by atoms with Gasteiger partial charge in [-0.2, -0.15) is 0 Å². The third-order valence-corrected chi connectivity index (χ3v) is 3.59. The molecule has 1 unspecified atom stereocenters. The highest BCUT2D eigenvalue weighted by Crippen LogP contribution is 2.34. The summed E-state index contributed by atoms with van der Waals surface area (Å²) < 4.78 is 0. The van der Waals surface area contributed by atoms with Gasteiger partial charge >= 0.3 is 0 Å². The normalized spacial score (nSPS) is 18.4. The molecule has 1 aliphatic carbocycles. The number of carbonyl (C=O) groups is 1. The van der Waals surface area contributed by atoms with Crippen molar-refractivity contribution >= 4 is 5.91 Å². The molecule has 1 aromatic rings. The molecule has 2 rings (SSSR count). The molecule has 3 nitrogen and oxygen atoms in total. The second kappa shape index (κ2) is 4.49. The number of benzene rings is 1. The smallest absolute Gasteiger partial charge is 0.224 e. The summed E-state index contributed by atoms with van der Waals surface area (Å²) in [5, 5.41) is 3.35. The van der Waals surface area contributed by atoms with Gasteiger partial charge in [-0.1, -0.05) is 24.3 Å². The number of rotatable bonds is 5. The van der Waals surface area contributed by atoms with Crippen LogP contribution in [0.3, 0.4) is 0 Å². The molecule has 3 heteroatoms. The van der Waals surface area contributed by atoms with E-state index in [1.807, 2.05) is 13.8 Å². The van der Waals surface area contributed by atoms with E-state index in [-0.39, 0.29) is 5.91 Å². The van der Waals surface area contributed by atoms with Crippen LogP contribution in [0, 0.1) is 5.41 Å². The lowest BCUT2D eigenvalue weighted by atomic mass is 9.77. The molecule has 17 heavy (non-hydrogen) atoms. The second-order valence-corrected chi connectivity index (χ2v) is 5.48. The van der Waals surface area contributed by atoms with Gasteiger partial charge in [-0.25, -0.2) is 0 Å². The predicted molar refractivity (Wildman–Crippen MR) is 68.7 cm³/mol. The van der Waals surface area contributed by atoms with Crippen LogP contribution >= 0.6 is 0 Å². The van der Waals surface area contributed by atoms with Gasteiger partial charge in [-0.3, -0.25) is 4.79 Å². The lowest BCUT2D eigenvalue weighted by molar-refractivity contribution is -0.125. The van der Waals surface area contributed by atoms with E-state index in [0.717, 1.165) is 13.0 Å². The summed E-state index contributed by atoms with van der Waals surface area (Å²) >= 11 is 0. The Morgan fingerprint density at radius 3 is 2.82 bits per heavy atom. The third-order valence-electron chi connectivity index (χ3n) is 3.59. The SMILES string of the molecule is CC(C)(CNCC1Cc2ccccc21)C(N)=O. The van der Waals surface area contributed by atoms with Crippen molar-refractivity contribution in [1.82, 2.24) is 5.32 Å². The second-order valence-electron chi connectivity index (χ2n) is 5.48. The summed E-state index contributed by atoms with van der Waals surface area (Å²) in [6, 6.07) is 8.53. The quantitative estimate of drug-likeness (QED) is 0.807. The largest absolute Gasteiger partial charge is 0.369 e. The van der Waals surface area contributed by atoms with Crippen LogP contribution in [0.5, 0.6) is 0 Å². The van der Waals surface area contributed by atoms with Gasteiger partial charge in [0, 0.05) is 19.0 Å². The summed E-state index contributed by atoms with van der Waals surface area (Å²) in [7, 11) is 0. The maximum atomic E-state index is 11.2. The Bertz CT molecular complexity index is 426. The molecule has 0 saturated heterocycles. The van der Waals surface area contributed by atoms with E-state index < -0.39 is 5.41 Å². The number of nitrogens with two attached hydrogens (primary N) is 1. The lowest BCUT2D eigenvalue weighted by Crippen LogP contribution is -2.42. The number of hydrogen-bond acceptors (Lipinski definition) is 2. The third kappa shape index (κ3) is 2.50. The number of primary amides is 1. The van der Waals surface area contributed by atoms with Gasteiger partial charge in [0.05, 0.1) is 5.41 Å². The Hall–Kier alpha value is -1.35. The first-order chi connectivity index (χ1) is 8.00. The summed E-state index contributed by atoms with van der Waals surface area (Å²) in [6.45, 7) is 5.31. The molecule has 1 amide bonds. The summed E-state index contributed by atoms with van der Waals surface area (Å²) in [5.74, 6) is 0.342. The van der Waals surface area contributed by atoms with E-state index in [0.29, 0.717) is 12.5 Å². The van der Waals surface area contributed by atoms with Gasteiger partial charge in [0.25, 0.3) is 0 Å². The van der Waals surface area contributed by atoms with Gasteiger partial charge in [0.15, 0.2) is 0 Å². The van der Waals surface area contributed by atoms with Crippen LogP contribution in [0.15, 0.2) is 24.3 Å². The fraction of sp³-hybridized carbons (Fsp3) is 0.500. The zero-order valence-corrected chi connectivity index (χ0v) is 10.5. The highest BCUT2D eigenvalue weighted by atomic mass is 16.1. The standard InChI is InChI=1S/C14H20N2O/c1-14(2,13(15)17)9-16-8-11-7-10-5-3-4-6-12(10)11/h3-6,11,16H,7-9H2,1-2H3,(H2,15,17). The minimum atomic E-state index is -0.469. The first kappa shape index (κ1) is 12.1. The van der Waals surface area contributed by atoms with Gasteiger partial charge in [-0.15, -0.1) is 0 Å². The molecule has 1 aliphatic rings. The van der Waals surface area contributed by atoms with Crippen LogP contribution < -0.4 is 11.1 Å². The van der Waals surface area contributed by atoms with Gasteiger partial charge in [0.1, 0.15) is 0 Å². The van der Waals surface area contributed by atoms with Crippen LogP contribution in [-0.4, -0.2) is 19.0 Å². The van der Waals surface area contributed by atoms with E-state index in [4.69, 9.17) is 5.73 Å². The van der Waals surface area contributed by atoms with Crippen molar-refractivity contribution in [1.29, 1.82) is 0 Å². The molecule has 0 fully saturated rings. The van der Waals surface area contributed by atoms with Crippen molar-refractivity contribution in [3.8, 4) is 0 Å². The number of carbonyl (C=O) groups excluding carboxylic acids is 1. The van der Waals surface area contributed by atoms with Crippen LogP contribution in [-0.2, 0) is 11.2 Å². The predicted octanol–water partition coefficient (Wildman–Crippen LogP) is 1.43. The van der Waals surface area contributed by atoms with Crippen molar-refractivity contribution in [2.45, 2.75) is 26.2 Å². The Morgan fingerprint density at radius 2 is 2.18 bits per heavy atom. The van der Waals surface area contributed by atoms with E-state index in [9.17, 15) is 4.79 Å². The maximum Gasteiger partial charge on any atom is 0.224 e. The highest BCUT2D eigenvalue weighted by molar-refractivity contribution is 5.80. The fourth-order valence-electron chi connectivity index (χ4n) is 2.19. The van der Waals surface area contributed by atoms with Crippen LogP contribution in [0.4, 0.5) is 0 Å².